The van der Waals surface area contributed by atoms with Crippen molar-refractivity contribution in [3.63, 3.8) is 0 Å². The molecule has 1 aliphatic rings. The third-order valence-corrected chi connectivity index (χ3v) is 4.45. The predicted octanol–water partition coefficient (Wildman–Crippen LogP) is 2.35. The lowest BCUT2D eigenvalue weighted by Crippen LogP contribution is -2.65. The number of carbonyl (C=O) groups excluding carboxylic acids is 4. The minimum absolute atomic E-state index is 0.136. The molecule has 1 aromatic carbocycles. The maximum Gasteiger partial charge on any atom is 0.330 e. The molecule has 24 heavy (non-hydrogen) atoms. The van der Waals surface area contributed by atoms with Crippen molar-refractivity contribution in [3.05, 3.63) is 35.9 Å². The van der Waals surface area contributed by atoms with Gasteiger partial charge < -0.3 is 0 Å². The van der Waals surface area contributed by atoms with Gasteiger partial charge in [-0.2, -0.15) is 0 Å². The molecule has 4 amide bonds. The fourth-order valence-electron chi connectivity index (χ4n) is 2.92. The highest BCUT2D eigenvalue weighted by molar-refractivity contribution is 6.63. The van der Waals surface area contributed by atoms with Crippen LogP contribution in [0.15, 0.2) is 30.3 Å². The molecule has 0 radical (unpaired) electrons. The number of rotatable bonds is 7. The average molecular weight is 351 g/mol. The van der Waals surface area contributed by atoms with Crippen molar-refractivity contribution in [1.82, 2.24) is 10.2 Å². The largest absolute Gasteiger partial charge is 0.330 e. The van der Waals surface area contributed by atoms with Crippen LogP contribution in [0.3, 0.4) is 0 Å². The maximum absolute atomic E-state index is 13.0. The van der Waals surface area contributed by atoms with Crippen LogP contribution in [-0.4, -0.2) is 34.5 Å². The standard InChI is InChI=1S/C17H19ClN2O4/c1-2-17(12-8-4-3-5-9-12)14(22)19-16(24)20(15(17)23)11-7-6-10-13(18)21/h3-5,8-9H,2,6-7,10-11H2,1H3,(H,19,22,24). The number of nitrogens with zero attached hydrogens (tertiary/aromatic N) is 1. The number of nitrogens with one attached hydrogen (secondary N) is 1. The Kier molecular flexibility index (Phi) is 5.72. The number of urea groups is 1. The third kappa shape index (κ3) is 3.33. The minimum Gasteiger partial charge on any atom is -0.281 e. The fraction of sp³-hybridized carbons (Fsp3) is 0.412. The van der Waals surface area contributed by atoms with E-state index < -0.39 is 28.5 Å². The first kappa shape index (κ1) is 18.1. The summed E-state index contributed by atoms with van der Waals surface area (Å²) in [4.78, 5) is 49.3. The Balaban J connectivity index is 2.25. The van der Waals surface area contributed by atoms with Crippen molar-refractivity contribution < 1.29 is 19.2 Å². The lowest BCUT2D eigenvalue weighted by Gasteiger charge is -2.39. The quantitative estimate of drug-likeness (QED) is 0.465. The SMILES string of the molecule is CCC1(c2ccccc2)C(=O)NC(=O)N(CCCCC(=O)Cl)C1=O. The van der Waals surface area contributed by atoms with E-state index in [0.29, 0.717) is 18.4 Å². The number of unbranched alkanes of at least 4 members (excludes halogenated alkanes) is 1. The van der Waals surface area contributed by atoms with Crippen molar-refractivity contribution in [2.24, 2.45) is 0 Å². The molecule has 1 atom stereocenters. The van der Waals surface area contributed by atoms with Gasteiger partial charge in [-0.25, -0.2) is 4.79 Å². The molecule has 0 aliphatic carbocycles. The van der Waals surface area contributed by atoms with E-state index in [1.165, 1.54) is 0 Å². The number of barbiturate groups is 1. The predicted molar refractivity (Wildman–Crippen MR) is 88.4 cm³/mol. The second-order valence-corrected chi connectivity index (χ2v) is 6.07. The average Bonchev–Trinajstić information content (AvgIpc) is 2.55. The van der Waals surface area contributed by atoms with Crippen LogP contribution in [-0.2, 0) is 19.8 Å². The third-order valence-electron chi connectivity index (χ3n) is 4.27. The van der Waals surface area contributed by atoms with Crippen LogP contribution in [0, 0.1) is 0 Å². The smallest absolute Gasteiger partial charge is 0.281 e. The Bertz CT molecular complexity index is 662. The van der Waals surface area contributed by atoms with Crippen molar-refractivity contribution in [1.29, 1.82) is 0 Å². The maximum atomic E-state index is 13.0. The molecule has 1 aromatic rings. The second kappa shape index (κ2) is 7.57. The Hall–Kier alpha value is -2.21. The zero-order chi connectivity index (χ0) is 17.7. The highest BCUT2D eigenvalue weighted by atomic mass is 35.5. The molecule has 0 spiro atoms. The molecule has 1 unspecified atom stereocenters. The summed E-state index contributed by atoms with van der Waals surface area (Å²) in [6.45, 7) is 1.88. The summed E-state index contributed by atoms with van der Waals surface area (Å²) in [6.07, 6.45) is 1.34. The van der Waals surface area contributed by atoms with Crippen molar-refractivity contribution in [2.75, 3.05) is 6.54 Å². The highest BCUT2D eigenvalue weighted by Gasteiger charge is 2.53. The zero-order valence-corrected chi connectivity index (χ0v) is 14.1. The van der Waals surface area contributed by atoms with Gasteiger partial charge in [0.15, 0.2) is 5.41 Å². The molecule has 0 saturated carbocycles. The summed E-state index contributed by atoms with van der Waals surface area (Å²) in [7, 11) is 0. The molecule has 1 heterocycles. The number of carbonyl (C=O) groups is 4. The lowest BCUT2D eigenvalue weighted by atomic mass is 9.74. The van der Waals surface area contributed by atoms with Gasteiger partial charge in [-0.3, -0.25) is 24.6 Å². The van der Waals surface area contributed by atoms with E-state index in [-0.39, 0.29) is 19.4 Å². The molecular weight excluding hydrogens is 332 g/mol. The van der Waals surface area contributed by atoms with Crippen LogP contribution in [0.25, 0.3) is 0 Å². The van der Waals surface area contributed by atoms with E-state index in [9.17, 15) is 19.2 Å². The molecule has 0 aromatic heterocycles. The Morgan fingerprint density at radius 1 is 1.17 bits per heavy atom. The van der Waals surface area contributed by atoms with E-state index in [1.54, 1.807) is 37.3 Å². The molecule has 6 nitrogen and oxygen atoms in total. The van der Waals surface area contributed by atoms with Gasteiger partial charge in [-0.05, 0) is 36.4 Å². The first-order valence-electron chi connectivity index (χ1n) is 7.84. The van der Waals surface area contributed by atoms with E-state index >= 15 is 0 Å². The van der Waals surface area contributed by atoms with Crippen LogP contribution in [0.1, 0.15) is 38.2 Å². The normalized spacial score (nSPS) is 20.9. The Morgan fingerprint density at radius 3 is 2.42 bits per heavy atom. The number of hydrogen-bond acceptors (Lipinski definition) is 4. The second-order valence-electron chi connectivity index (χ2n) is 5.65. The lowest BCUT2D eigenvalue weighted by molar-refractivity contribution is -0.145. The molecular formula is C17H19ClN2O4. The van der Waals surface area contributed by atoms with Crippen molar-refractivity contribution >= 4 is 34.7 Å². The van der Waals surface area contributed by atoms with Crippen LogP contribution in [0.2, 0.25) is 0 Å². The molecule has 7 heteroatoms. The van der Waals surface area contributed by atoms with Crippen LogP contribution in [0.5, 0.6) is 0 Å². The van der Waals surface area contributed by atoms with E-state index in [0.717, 1.165) is 4.90 Å². The van der Waals surface area contributed by atoms with Crippen molar-refractivity contribution in [3.8, 4) is 0 Å². The summed E-state index contributed by atoms with van der Waals surface area (Å²) in [5, 5.41) is 1.83. The van der Waals surface area contributed by atoms with Gasteiger partial charge in [-0.1, -0.05) is 37.3 Å². The summed E-state index contributed by atoms with van der Waals surface area (Å²) in [5.41, 5.74) is -0.847. The molecule has 128 valence electrons. The number of benzene rings is 1. The van der Waals surface area contributed by atoms with Gasteiger partial charge in [-0.15, -0.1) is 0 Å². The highest BCUT2D eigenvalue weighted by Crippen LogP contribution is 2.33. The van der Waals surface area contributed by atoms with E-state index in [4.69, 9.17) is 11.6 Å². The summed E-state index contributed by atoms with van der Waals surface area (Å²) < 4.78 is 0. The summed E-state index contributed by atoms with van der Waals surface area (Å²) >= 11 is 5.28. The monoisotopic (exact) mass is 350 g/mol. The fourth-order valence-corrected chi connectivity index (χ4v) is 3.05. The van der Waals surface area contributed by atoms with Gasteiger partial charge in [0.25, 0.3) is 5.91 Å². The van der Waals surface area contributed by atoms with Crippen LogP contribution in [0.4, 0.5) is 4.79 Å². The number of halogens is 1. The molecule has 1 N–H and O–H groups in total. The topological polar surface area (TPSA) is 83.6 Å². The number of imide groups is 2. The van der Waals surface area contributed by atoms with Gasteiger partial charge in [0.1, 0.15) is 0 Å². The molecule has 1 fully saturated rings. The minimum atomic E-state index is -1.41. The van der Waals surface area contributed by atoms with Gasteiger partial charge in [0.05, 0.1) is 0 Å². The van der Waals surface area contributed by atoms with Gasteiger partial charge in [0, 0.05) is 13.0 Å². The molecule has 1 aliphatic heterocycles. The van der Waals surface area contributed by atoms with E-state index in [2.05, 4.69) is 5.32 Å². The molecule has 2 rings (SSSR count). The van der Waals surface area contributed by atoms with Gasteiger partial charge >= 0.3 is 6.03 Å². The van der Waals surface area contributed by atoms with Crippen LogP contribution >= 0.6 is 11.6 Å². The Labute approximate surface area is 145 Å². The summed E-state index contributed by atoms with van der Waals surface area (Å²) in [6, 6.07) is 7.99. The van der Waals surface area contributed by atoms with Gasteiger partial charge in [0.2, 0.25) is 11.1 Å². The first-order chi connectivity index (χ1) is 11.4. The van der Waals surface area contributed by atoms with E-state index in [1.807, 2.05) is 0 Å². The number of hydrogen-bond donors (Lipinski definition) is 1. The van der Waals surface area contributed by atoms with Crippen LogP contribution < -0.4 is 5.32 Å². The molecule has 1 saturated heterocycles. The number of amides is 4. The Morgan fingerprint density at radius 2 is 1.83 bits per heavy atom. The summed E-state index contributed by atoms with van der Waals surface area (Å²) in [5.74, 6) is -1.12. The van der Waals surface area contributed by atoms with Crippen molar-refractivity contribution in [2.45, 2.75) is 38.0 Å². The molecule has 0 bridgehead atoms. The zero-order valence-electron chi connectivity index (χ0n) is 13.4. The first-order valence-corrected chi connectivity index (χ1v) is 8.22.